The van der Waals surface area contributed by atoms with Gasteiger partial charge < -0.3 is 10.6 Å². The zero-order valence-corrected chi connectivity index (χ0v) is 10.7. The maximum atomic E-state index is 11.3. The Labute approximate surface area is 103 Å². The Bertz CT molecular complexity index is 408. The summed E-state index contributed by atoms with van der Waals surface area (Å²) in [5.41, 5.74) is 2.40. The second kappa shape index (κ2) is 4.82. The summed E-state index contributed by atoms with van der Waals surface area (Å²) in [6.07, 6.45) is 6.76. The van der Waals surface area contributed by atoms with Gasteiger partial charge in [-0.1, -0.05) is 0 Å². The first-order valence-electron chi connectivity index (χ1n) is 5.33. The van der Waals surface area contributed by atoms with Gasteiger partial charge in [-0.05, 0) is 46.3 Å². The van der Waals surface area contributed by atoms with Crippen LogP contribution in [0.15, 0.2) is 16.9 Å². The van der Waals surface area contributed by atoms with Crippen LogP contribution in [0.3, 0.4) is 0 Å². The van der Waals surface area contributed by atoms with E-state index in [1.165, 1.54) is 5.56 Å². The maximum Gasteiger partial charge on any atom is 0.315 e. The highest BCUT2D eigenvalue weighted by Gasteiger charge is 2.23. The van der Waals surface area contributed by atoms with Crippen LogP contribution in [0.25, 0.3) is 0 Å². The average Bonchev–Trinajstić information content (AvgIpc) is 2.30. The number of rotatable bonds is 1. The molecule has 0 aliphatic heterocycles. The molecule has 1 aromatic heterocycles. The topological polar surface area (TPSA) is 54.0 Å². The second-order valence-corrected chi connectivity index (χ2v) is 4.71. The zero-order chi connectivity index (χ0) is 11.5. The molecule has 0 aromatic carbocycles. The van der Waals surface area contributed by atoms with Gasteiger partial charge in [0, 0.05) is 23.9 Å². The molecule has 4 nitrogen and oxygen atoms in total. The van der Waals surface area contributed by atoms with Crippen LogP contribution in [-0.4, -0.2) is 18.1 Å². The molecule has 0 saturated carbocycles. The molecule has 0 spiro atoms. The van der Waals surface area contributed by atoms with Crippen LogP contribution < -0.4 is 10.6 Å². The number of pyridine rings is 1. The predicted molar refractivity (Wildman–Crippen MR) is 65.2 cm³/mol. The molecule has 1 unspecified atom stereocenters. The van der Waals surface area contributed by atoms with Gasteiger partial charge in [0.2, 0.25) is 0 Å². The lowest BCUT2D eigenvalue weighted by Crippen LogP contribution is -2.37. The van der Waals surface area contributed by atoms with E-state index in [-0.39, 0.29) is 12.1 Å². The minimum Gasteiger partial charge on any atom is -0.341 e. The van der Waals surface area contributed by atoms with Crippen LogP contribution >= 0.6 is 15.9 Å². The van der Waals surface area contributed by atoms with E-state index in [0.717, 1.165) is 29.3 Å². The van der Waals surface area contributed by atoms with Gasteiger partial charge in [0.1, 0.15) is 0 Å². The van der Waals surface area contributed by atoms with Gasteiger partial charge in [0.05, 0.1) is 6.04 Å². The highest BCUT2D eigenvalue weighted by Crippen LogP contribution is 2.33. The summed E-state index contributed by atoms with van der Waals surface area (Å²) in [5.74, 6) is 0. The molecule has 2 N–H and O–H groups in total. The van der Waals surface area contributed by atoms with E-state index in [2.05, 4.69) is 31.5 Å². The van der Waals surface area contributed by atoms with Crippen LogP contribution in [0.5, 0.6) is 0 Å². The number of halogens is 1. The summed E-state index contributed by atoms with van der Waals surface area (Å²) in [4.78, 5) is 15.5. The molecule has 0 saturated heterocycles. The average molecular weight is 284 g/mol. The molecule has 1 aromatic rings. The maximum absolute atomic E-state index is 11.3. The third kappa shape index (κ3) is 2.19. The number of urea groups is 1. The number of nitrogens with one attached hydrogen (secondary N) is 2. The zero-order valence-electron chi connectivity index (χ0n) is 9.09. The van der Waals surface area contributed by atoms with E-state index in [1.807, 2.05) is 6.20 Å². The molecule has 16 heavy (non-hydrogen) atoms. The second-order valence-electron chi connectivity index (χ2n) is 3.86. The fourth-order valence-electron chi connectivity index (χ4n) is 2.06. The van der Waals surface area contributed by atoms with Gasteiger partial charge in [-0.3, -0.25) is 4.98 Å². The number of carbonyl (C=O) groups is 1. The van der Waals surface area contributed by atoms with Crippen LogP contribution in [0, 0.1) is 0 Å². The first-order chi connectivity index (χ1) is 7.72. The molecule has 86 valence electrons. The van der Waals surface area contributed by atoms with Crippen LogP contribution in [0.2, 0.25) is 0 Å². The number of amides is 2. The summed E-state index contributed by atoms with van der Waals surface area (Å²) in [5, 5.41) is 5.52. The van der Waals surface area contributed by atoms with E-state index in [0.29, 0.717) is 0 Å². The van der Waals surface area contributed by atoms with Crippen molar-refractivity contribution in [1.82, 2.24) is 15.6 Å². The quantitative estimate of drug-likeness (QED) is 0.830. The van der Waals surface area contributed by atoms with Gasteiger partial charge in [-0.25, -0.2) is 4.79 Å². The Kier molecular flexibility index (Phi) is 3.43. The Balaban J connectivity index is 2.26. The first kappa shape index (κ1) is 11.4. The van der Waals surface area contributed by atoms with Gasteiger partial charge in [0.25, 0.3) is 0 Å². The van der Waals surface area contributed by atoms with Gasteiger partial charge in [-0.15, -0.1) is 0 Å². The largest absolute Gasteiger partial charge is 0.341 e. The number of nitrogens with zero attached hydrogens (tertiary/aromatic N) is 1. The molecule has 0 bridgehead atoms. The summed E-state index contributed by atoms with van der Waals surface area (Å²) in [7, 11) is 1.62. The third-order valence-corrected chi connectivity index (χ3v) is 3.55. The Hall–Kier alpha value is -1.10. The van der Waals surface area contributed by atoms with Crippen molar-refractivity contribution in [1.29, 1.82) is 0 Å². The van der Waals surface area contributed by atoms with Crippen molar-refractivity contribution in [2.45, 2.75) is 25.3 Å². The van der Waals surface area contributed by atoms with Crippen molar-refractivity contribution in [2.24, 2.45) is 0 Å². The number of hydrogen-bond acceptors (Lipinski definition) is 2. The number of aromatic nitrogens is 1. The third-order valence-electron chi connectivity index (χ3n) is 2.87. The molecule has 1 heterocycles. The van der Waals surface area contributed by atoms with E-state index < -0.39 is 0 Å². The molecule has 0 fully saturated rings. The molecule has 2 amide bonds. The van der Waals surface area contributed by atoms with Crippen LogP contribution in [0.1, 0.15) is 30.0 Å². The molecular formula is C11H14BrN3O. The van der Waals surface area contributed by atoms with Crippen LogP contribution in [-0.2, 0) is 6.42 Å². The van der Waals surface area contributed by atoms with E-state index in [4.69, 9.17) is 0 Å². The Morgan fingerprint density at radius 1 is 1.56 bits per heavy atom. The van der Waals surface area contributed by atoms with E-state index in [9.17, 15) is 4.79 Å². The fourth-order valence-corrected chi connectivity index (χ4v) is 2.60. The molecule has 1 atom stereocenters. The van der Waals surface area contributed by atoms with E-state index in [1.54, 1.807) is 13.2 Å². The lowest BCUT2D eigenvalue weighted by molar-refractivity contribution is 0.237. The van der Waals surface area contributed by atoms with Gasteiger partial charge >= 0.3 is 6.03 Å². The van der Waals surface area contributed by atoms with Gasteiger partial charge in [0.15, 0.2) is 0 Å². The summed E-state index contributed by atoms with van der Waals surface area (Å²) in [6.45, 7) is 0. The number of hydrogen-bond donors (Lipinski definition) is 2. The fraction of sp³-hybridized carbons (Fsp3) is 0.455. The lowest BCUT2D eigenvalue weighted by Gasteiger charge is -2.26. The Morgan fingerprint density at radius 3 is 3.12 bits per heavy atom. The molecule has 5 heteroatoms. The SMILES string of the molecule is CNC(=O)NC1CCCc2c(Br)cncc21. The molecular weight excluding hydrogens is 270 g/mol. The normalized spacial score (nSPS) is 18.8. The van der Waals surface area contributed by atoms with Crippen molar-refractivity contribution in [2.75, 3.05) is 7.05 Å². The lowest BCUT2D eigenvalue weighted by atomic mass is 9.89. The minimum absolute atomic E-state index is 0.0775. The van der Waals surface area contributed by atoms with Crippen molar-refractivity contribution >= 4 is 22.0 Å². The summed E-state index contributed by atoms with van der Waals surface area (Å²) < 4.78 is 1.04. The molecule has 1 aliphatic carbocycles. The highest BCUT2D eigenvalue weighted by atomic mass is 79.9. The monoisotopic (exact) mass is 283 g/mol. The predicted octanol–water partition coefficient (Wildman–Crippen LogP) is 2.15. The smallest absolute Gasteiger partial charge is 0.315 e. The minimum atomic E-state index is -0.141. The molecule has 1 aliphatic rings. The summed E-state index contributed by atoms with van der Waals surface area (Å²) >= 11 is 3.50. The van der Waals surface area contributed by atoms with Crippen molar-refractivity contribution < 1.29 is 4.79 Å². The van der Waals surface area contributed by atoms with E-state index >= 15 is 0 Å². The standard InChI is InChI=1S/C11H14BrN3O/c1-13-11(16)15-10-4-2-3-7-8(10)5-14-6-9(7)12/h5-6,10H,2-4H2,1H3,(H2,13,15,16). The molecule has 0 radical (unpaired) electrons. The highest BCUT2D eigenvalue weighted by molar-refractivity contribution is 9.10. The van der Waals surface area contributed by atoms with Crippen LogP contribution in [0.4, 0.5) is 4.79 Å². The number of carbonyl (C=O) groups excluding carboxylic acids is 1. The first-order valence-corrected chi connectivity index (χ1v) is 6.12. The van der Waals surface area contributed by atoms with Crippen molar-refractivity contribution in [3.8, 4) is 0 Å². The number of fused-ring (bicyclic) bond motifs is 1. The van der Waals surface area contributed by atoms with Crippen molar-refractivity contribution in [3.63, 3.8) is 0 Å². The van der Waals surface area contributed by atoms with Crippen molar-refractivity contribution in [3.05, 3.63) is 28.0 Å². The van der Waals surface area contributed by atoms with Gasteiger partial charge in [-0.2, -0.15) is 0 Å². The Morgan fingerprint density at radius 2 is 2.38 bits per heavy atom. The molecule has 2 rings (SSSR count). The summed E-state index contributed by atoms with van der Waals surface area (Å²) in [6, 6.07) is -0.0634.